The summed E-state index contributed by atoms with van der Waals surface area (Å²) in [5.41, 5.74) is 1.08. The van der Waals surface area contributed by atoms with Gasteiger partial charge in [0.2, 0.25) is 0 Å². The van der Waals surface area contributed by atoms with E-state index in [0.717, 1.165) is 45.0 Å². The minimum atomic E-state index is -0.144. The van der Waals surface area contributed by atoms with Gasteiger partial charge in [-0.25, -0.2) is 4.39 Å². The lowest BCUT2D eigenvalue weighted by Gasteiger charge is -2.39. The minimum Gasteiger partial charge on any atom is -0.381 e. The first-order chi connectivity index (χ1) is 9.83. The molecule has 2 saturated heterocycles. The van der Waals surface area contributed by atoms with Crippen LogP contribution in [0.5, 0.6) is 0 Å². The highest BCUT2D eigenvalue weighted by molar-refractivity contribution is 5.21. The van der Waals surface area contributed by atoms with Gasteiger partial charge in [0.05, 0.1) is 6.61 Å². The van der Waals surface area contributed by atoms with Crippen molar-refractivity contribution in [3.63, 3.8) is 0 Å². The quantitative estimate of drug-likeness (QED) is 0.917. The van der Waals surface area contributed by atoms with E-state index in [4.69, 9.17) is 4.74 Å². The maximum absolute atomic E-state index is 13.4. The molecule has 0 spiro atoms. The number of halogens is 1. The van der Waals surface area contributed by atoms with E-state index >= 15 is 0 Å². The van der Waals surface area contributed by atoms with Crippen LogP contribution >= 0.6 is 0 Å². The van der Waals surface area contributed by atoms with Crippen LogP contribution in [0.3, 0.4) is 0 Å². The maximum Gasteiger partial charge on any atom is 0.123 e. The van der Waals surface area contributed by atoms with Crippen molar-refractivity contribution in [1.29, 1.82) is 0 Å². The monoisotopic (exact) mass is 278 g/mol. The second-order valence-corrected chi connectivity index (χ2v) is 5.85. The van der Waals surface area contributed by atoms with Gasteiger partial charge in [0, 0.05) is 38.8 Å². The fraction of sp³-hybridized carbons (Fsp3) is 0.625. The largest absolute Gasteiger partial charge is 0.381 e. The van der Waals surface area contributed by atoms with E-state index < -0.39 is 0 Å². The zero-order valence-corrected chi connectivity index (χ0v) is 11.9. The number of nitrogens with zero attached hydrogens (tertiary/aromatic N) is 1. The Balaban J connectivity index is 1.70. The van der Waals surface area contributed by atoms with Crippen LogP contribution in [-0.2, 0) is 4.74 Å². The van der Waals surface area contributed by atoms with Gasteiger partial charge in [-0.2, -0.15) is 0 Å². The molecule has 1 aromatic carbocycles. The highest BCUT2D eigenvalue weighted by Gasteiger charge is 2.27. The molecule has 2 heterocycles. The molecule has 2 atom stereocenters. The maximum atomic E-state index is 13.4. The molecule has 0 aromatic heterocycles. The van der Waals surface area contributed by atoms with Crippen molar-refractivity contribution in [2.75, 3.05) is 39.4 Å². The Morgan fingerprint density at radius 2 is 2.35 bits per heavy atom. The first kappa shape index (κ1) is 14.0. The van der Waals surface area contributed by atoms with Crippen LogP contribution in [0.2, 0.25) is 0 Å². The second kappa shape index (κ2) is 6.66. The van der Waals surface area contributed by atoms with E-state index in [-0.39, 0.29) is 11.9 Å². The average Bonchev–Trinajstić information content (AvgIpc) is 2.49. The second-order valence-electron chi connectivity index (χ2n) is 5.85. The Morgan fingerprint density at radius 1 is 1.40 bits per heavy atom. The third-order valence-electron chi connectivity index (χ3n) is 4.34. The van der Waals surface area contributed by atoms with Crippen LogP contribution in [0.4, 0.5) is 4.39 Å². The number of piperazine rings is 1. The molecular weight excluding hydrogens is 255 g/mol. The zero-order valence-electron chi connectivity index (χ0n) is 11.9. The van der Waals surface area contributed by atoms with Gasteiger partial charge in [0.1, 0.15) is 5.82 Å². The van der Waals surface area contributed by atoms with Crippen LogP contribution in [0.15, 0.2) is 24.3 Å². The van der Waals surface area contributed by atoms with Crippen molar-refractivity contribution in [1.82, 2.24) is 10.2 Å². The molecule has 2 unspecified atom stereocenters. The third kappa shape index (κ3) is 3.37. The first-order valence-corrected chi connectivity index (χ1v) is 7.61. The van der Waals surface area contributed by atoms with E-state index in [2.05, 4.69) is 10.2 Å². The van der Waals surface area contributed by atoms with Crippen molar-refractivity contribution in [2.45, 2.75) is 18.9 Å². The number of hydrogen-bond acceptors (Lipinski definition) is 3. The predicted octanol–water partition coefficient (Wildman–Crippen LogP) is 2.20. The molecular formula is C16H23FN2O. The van der Waals surface area contributed by atoms with Gasteiger partial charge < -0.3 is 10.1 Å². The lowest BCUT2D eigenvalue weighted by atomic mass is 9.97. The van der Waals surface area contributed by atoms with Crippen LogP contribution in [0.25, 0.3) is 0 Å². The Labute approximate surface area is 120 Å². The smallest absolute Gasteiger partial charge is 0.123 e. The Morgan fingerprint density at radius 3 is 3.15 bits per heavy atom. The number of hydrogen-bond donors (Lipinski definition) is 1. The summed E-state index contributed by atoms with van der Waals surface area (Å²) in [6, 6.07) is 7.30. The van der Waals surface area contributed by atoms with Crippen LogP contribution in [0.1, 0.15) is 24.4 Å². The summed E-state index contributed by atoms with van der Waals surface area (Å²) in [6.45, 7) is 5.78. The Bertz CT molecular complexity index is 434. The lowest BCUT2D eigenvalue weighted by Crippen LogP contribution is -2.48. The highest BCUT2D eigenvalue weighted by atomic mass is 19.1. The van der Waals surface area contributed by atoms with Gasteiger partial charge in [-0.3, -0.25) is 4.90 Å². The summed E-state index contributed by atoms with van der Waals surface area (Å²) < 4.78 is 19.0. The summed E-state index contributed by atoms with van der Waals surface area (Å²) in [5.74, 6) is 0.479. The molecule has 1 N–H and O–H groups in total. The molecule has 0 bridgehead atoms. The van der Waals surface area contributed by atoms with Crippen molar-refractivity contribution in [3.05, 3.63) is 35.6 Å². The SMILES string of the molecule is Fc1cccc(C2CNCCN2CC2CCCOC2)c1. The summed E-state index contributed by atoms with van der Waals surface area (Å²) in [5, 5.41) is 3.42. The molecule has 1 aromatic rings. The van der Waals surface area contributed by atoms with Crippen molar-refractivity contribution < 1.29 is 9.13 Å². The lowest BCUT2D eigenvalue weighted by molar-refractivity contribution is 0.0265. The Hall–Kier alpha value is -0.970. The van der Waals surface area contributed by atoms with E-state index in [0.29, 0.717) is 5.92 Å². The molecule has 3 rings (SSSR count). The van der Waals surface area contributed by atoms with Gasteiger partial charge in [-0.05, 0) is 36.5 Å². The Kier molecular flexibility index (Phi) is 4.65. The topological polar surface area (TPSA) is 24.5 Å². The normalized spacial score (nSPS) is 28.4. The van der Waals surface area contributed by atoms with E-state index in [1.54, 1.807) is 12.1 Å². The van der Waals surface area contributed by atoms with Gasteiger partial charge in [-0.15, -0.1) is 0 Å². The predicted molar refractivity (Wildman–Crippen MR) is 77.1 cm³/mol. The van der Waals surface area contributed by atoms with Crippen LogP contribution < -0.4 is 5.32 Å². The van der Waals surface area contributed by atoms with Crippen molar-refractivity contribution >= 4 is 0 Å². The molecule has 0 aliphatic carbocycles. The standard InChI is InChI=1S/C16H23FN2O/c17-15-5-1-4-14(9-15)16-10-18-6-7-19(16)11-13-3-2-8-20-12-13/h1,4-5,9,13,16,18H,2-3,6-8,10-12H2. The molecule has 2 aliphatic rings. The molecule has 20 heavy (non-hydrogen) atoms. The van der Waals surface area contributed by atoms with Crippen molar-refractivity contribution in [3.8, 4) is 0 Å². The van der Waals surface area contributed by atoms with Crippen LogP contribution in [0, 0.1) is 11.7 Å². The summed E-state index contributed by atoms with van der Waals surface area (Å²) >= 11 is 0. The average molecular weight is 278 g/mol. The molecule has 3 nitrogen and oxygen atoms in total. The molecule has 2 fully saturated rings. The van der Waals surface area contributed by atoms with Crippen molar-refractivity contribution in [2.24, 2.45) is 5.92 Å². The molecule has 0 saturated carbocycles. The van der Waals surface area contributed by atoms with Gasteiger partial charge in [0.25, 0.3) is 0 Å². The van der Waals surface area contributed by atoms with Gasteiger partial charge >= 0.3 is 0 Å². The third-order valence-corrected chi connectivity index (χ3v) is 4.34. The van der Waals surface area contributed by atoms with E-state index in [1.807, 2.05) is 6.07 Å². The highest BCUT2D eigenvalue weighted by Crippen LogP contribution is 2.25. The first-order valence-electron chi connectivity index (χ1n) is 7.61. The molecule has 0 radical (unpaired) electrons. The number of benzene rings is 1. The van der Waals surface area contributed by atoms with Crippen LogP contribution in [-0.4, -0.2) is 44.3 Å². The number of ether oxygens (including phenoxy) is 1. The zero-order chi connectivity index (χ0) is 13.8. The number of rotatable bonds is 3. The van der Waals surface area contributed by atoms with E-state index in [1.165, 1.54) is 18.9 Å². The van der Waals surface area contributed by atoms with E-state index in [9.17, 15) is 4.39 Å². The summed E-state index contributed by atoms with van der Waals surface area (Å²) in [6.07, 6.45) is 2.42. The molecule has 0 amide bonds. The minimum absolute atomic E-state index is 0.144. The fourth-order valence-electron chi connectivity index (χ4n) is 3.29. The summed E-state index contributed by atoms with van der Waals surface area (Å²) in [7, 11) is 0. The molecule has 110 valence electrons. The summed E-state index contributed by atoms with van der Waals surface area (Å²) in [4.78, 5) is 2.49. The fourth-order valence-corrected chi connectivity index (χ4v) is 3.29. The number of nitrogens with one attached hydrogen (secondary N) is 1. The molecule has 2 aliphatic heterocycles. The molecule has 4 heteroatoms. The van der Waals surface area contributed by atoms with Gasteiger partial charge in [0.15, 0.2) is 0 Å². The van der Waals surface area contributed by atoms with Gasteiger partial charge in [-0.1, -0.05) is 12.1 Å².